The van der Waals surface area contributed by atoms with E-state index in [1.807, 2.05) is 0 Å². The maximum atomic E-state index is 12.4. The zero-order valence-corrected chi connectivity index (χ0v) is 12.4. The van der Waals surface area contributed by atoms with Crippen molar-refractivity contribution in [2.75, 3.05) is 12.0 Å². The Hall–Kier alpha value is -2.97. The minimum Gasteiger partial charge on any atom is -0.476 e. The Morgan fingerprint density at radius 2 is 1.88 bits per heavy atom. The summed E-state index contributed by atoms with van der Waals surface area (Å²) in [5.41, 5.74) is 3.71. The molecule has 0 aliphatic carbocycles. The lowest BCUT2D eigenvalue weighted by Crippen LogP contribution is -2.34. The number of hydrogen-bond acceptors (Lipinski definition) is 5. The number of carbonyl (C=O) groups excluding carboxylic acids is 1. The highest BCUT2D eigenvalue weighted by atomic mass is 19.4. The minimum atomic E-state index is -4.43. The van der Waals surface area contributed by atoms with Crippen molar-refractivity contribution in [1.82, 2.24) is 5.43 Å². The van der Waals surface area contributed by atoms with Crippen LogP contribution in [0.5, 0.6) is 5.75 Å². The number of anilines is 1. The smallest absolute Gasteiger partial charge is 0.416 e. The van der Waals surface area contributed by atoms with Gasteiger partial charge >= 0.3 is 6.18 Å². The molecule has 2 N–H and O–H groups in total. The number of alkyl halides is 3. The van der Waals surface area contributed by atoms with Crippen molar-refractivity contribution in [2.45, 2.75) is 13.1 Å². The van der Waals surface area contributed by atoms with Crippen LogP contribution >= 0.6 is 0 Å². The van der Waals surface area contributed by atoms with Crippen LogP contribution in [0.1, 0.15) is 11.3 Å². The molecule has 0 saturated heterocycles. The SMILES string of the molecule is Cc1occc(=O)c1OCC(=O)NNc1ccc(C(F)(F)F)cc1. The lowest BCUT2D eigenvalue weighted by molar-refractivity contribution is -0.137. The van der Waals surface area contributed by atoms with E-state index in [1.54, 1.807) is 0 Å². The quantitative estimate of drug-likeness (QED) is 0.816. The summed E-state index contributed by atoms with van der Waals surface area (Å²) in [5, 5.41) is 0. The van der Waals surface area contributed by atoms with Crippen LogP contribution in [0, 0.1) is 6.92 Å². The van der Waals surface area contributed by atoms with Crippen LogP contribution in [0.3, 0.4) is 0 Å². The Bertz CT molecular complexity index is 770. The number of benzene rings is 1. The van der Waals surface area contributed by atoms with Gasteiger partial charge in [-0.1, -0.05) is 0 Å². The molecule has 24 heavy (non-hydrogen) atoms. The molecule has 0 fully saturated rings. The third-order valence-electron chi connectivity index (χ3n) is 2.91. The van der Waals surface area contributed by atoms with Gasteiger partial charge < -0.3 is 9.15 Å². The number of amides is 1. The maximum absolute atomic E-state index is 12.4. The van der Waals surface area contributed by atoms with Crippen LogP contribution in [-0.4, -0.2) is 12.5 Å². The van der Waals surface area contributed by atoms with Crippen molar-refractivity contribution < 1.29 is 27.1 Å². The molecule has 0 saturated carbocycles. The number of hydrazine groups is 1. The van der Waals surface area contributed by atoms with Crippen LogP contribution in [0.25, 0.3) is 0 Å². The van der Waals surface area contributed by atoms with Gasteiger partial charge in [0.05, 0.1) is 17.5 Å². The summed E-state index contributed by atoms with van der Waals surface area (Å²) in [6.07, 6.45) is -3.22. The van der Waals surface area contributed by atoms with E-state index in [0.717, 1.165) is 18.2 Å². The summed E-state index contributed by atoms with van der Waals surface area (Å²) in [4.78, 5) is 23.1. The number of carbonyl (C=O) groups is 1. The normalized spacial score (nSPS) is 11.0. The number of hydrogen-bond donors (Lipinski definition) is 2. The number of ether oxygens (including phenoxy) is 1. The molecule has 1 aromatic heterocycles. The fourth-order valence-corrected chi connectivity index (χ4v) is 1.73. The second kappa shape index (κ2) is 7.07. The molecule has 2 aromatic rings. The van der Waals surface area contributed by atoms with Crippen molar-refractivity contribution in [3.63, 3.8) is 0 Å². The fraction of sp³-hybridized carbons (Fsp3) is 0.200. The number of aryl methyl sites for hydroxylation is 1. The fourth-order valence-electron chi connectivity index (χ4n) is 1.73. The van der Waals surface area contributed by atoms with Gasteiger partial charge in [0.1, 0.15) is 5.76 Å². The molecule has 6 nitrogen and oxygen atoms in total. The molecule has 1 aromatic carbocycles. The Labute approximate surface area is 134 Å². The number of halogens is 3. The predicted octanol–water partition coefficient (Wildman–Crippen LogP) is 2.49. The molecular weight excluding hydrogens is 329 g/mol. The highest BCUT2D eigenvalue weighted by Crippen LogP contribution is 2.29. The van der Waals surface area contributed by atoms with Gasteiger partial charge in [0, 0.05) is 6.07 Å². The molecule has 1 amide bonds. The summed E-state index contributed by atoms with van der Waals surface area (Å²) in [5.74, 6) is -0.481. The van der Waals surface area contributed by atoms with Crippen LogP contribution in [0.4, 0.5) is 18.9 Å². The molecule has 0 aliphatic heterocycles. The minimum absolute atomic E-state index is 0.0813. The van der Waals surface area contributed by atoms with Crippen LogP contribution in [0.2, 0.25) is 0 Å². The van der Waals surface area contributed by atoms with Crippen molar-refractivity contribution in [3.05, 3.63) is 58.1 Å². The summed E-state index contributed by atoms with van der Waals surface area (Å²) >= 11 is 0. The largest absolute Gasteiger partial charge is 0.476 e. The average Bonchev–Trinajstić information content (AvgIpc) is 2.52. The molecule has 0 radical (unpaired) electrons. The molecule has 0 unspecified atom stereocenters. The zero-order chi connectivity index (χ0) is 17.7. The second-order valence-corrected chi connectivity index (χ2v) is 4.71. The van der Waals surface area contributed by atoms with Gasteiger partial charge in [-0.3, -0.25) is 20.4 Å². The summed E-state index contributed by atoms with van der Waals surface area (Å²) < 4.78 is 47.3. The van der Waals surface area contributed by atoms with Gasteiger partial charge in [-0.05, 0) is 31.2 Å². The first-order valence-electron chi connectivity index (χ1n) is 6.70. The van der Waals surface area contributed by atoms with Gasteiger partial charge in [-0.2, -0.15) is 13.2 Å². The molecule has 128 valence electrons. The van der Waals surface area contributed by atoms with Crippen molar-refractivity contribution >= 4 is 11.6 Å². The van der Waals surface area contributed by atoms with Crippen LogP contribution in [-0.2, 0) is 11.0 Å². The Kier molecular flexibility index (Phi) is 5.12. The lowest BCUT2D eigenvalue weighted by Gasteiger charge is -2.11. The van der Waals surface area contributed by atoms with E-state index in [0.29, 0.717) is 0 Å². The van der Waals surface area contributed by atoms with E-state index in [4.69, 9.17) is 9.15 Å². The second-order valence-electron chi connectivity index (χ2n) is 4.71. The number of rotatable bonds is 5. The Morgan fingerprint density at radius 1 is 1.21 bits per heavy atom. The summed E-state index contributed by atoms with van der Waals surface area (Å²) in [6.45, 7) is 1.04. The van der Waals surface area contributed by atoms with E-state index in [9.17, 15) is 22.8 Å². The monoisotopic (exact) mass is 342 g/mol. The van der Waals surface area contributed by atoms with Crippen LogP contribution < -0.4 is 21.0 Å². The Morgan fingerprint density at radius 3 is 2.46 bits per heavy atom. The highest BCUT2D eigenvalue weighted by molar-refractivity contribution is 5.78. The lowest BCUT2D eigenvalue weighted by atomic mass is 10.2. The van der Waals surface area contributed by atoms with Crippen molar-refractivity contribution in [2.24, 2.45) is 0 Å². The number of nitrogens with one attached hydrogen (secondary N) is 2. The maximum Gasteiger partial charge on any atom is 0.416 e. The topological polar surface area (TPSA) is 80.6 Å². The first-order chi connectivity index (χ1) is 11.3. The first-order valence-corrected chi connectivity index (χ1v) is 6.70. The van der Waals surface area contributed by atoms with Crippen molar-refractivity contribution in [3.8, 4) is 5.75 Å². The molecule has 1 heterocycles. The molecule has 0 atom stereocenters. The zero-order valence-electron chi connectivity index (χ0n) is 12.4. The van der Waals surface area contributed by atoms with E-state index < -0.39 is 29.7 Å². The molecule has 9 heteroatoms. The van der Waals surface area contributed by atoms with Crippen LogP contribution in [0.15, 0.2) is 45.8 Å². The summed E-state index contributed by atoms with van der Waals surface area (Å²) in [6, 6.07) is 5.24. The third kappa shape index (κ3) is 4.51. The molecule has 0 bridgehead atoms. The van der Waals surface area contributed by atoms with E-state index >= 15 is 0 Å². The summed E-state index contributed by atoms with van der Waals surface area (Å²) in [7, 11) is 0. The molecule has 2 rings (SSSR count). The third-order valence-corrected chi connectivity index (χ3v) is 2.91. The first kappa shape index (κ1) is 17.4. The van der Waals surface area contributed by atoms with Gasteiger partial charge in [0.15, 0.2) is 6.61 Å². The molecule has 0 spiro atoms. The van der Waals surface area contributed by atoms with Gasteiger partial charge in [-0.25, -0.2) is 0 Å². The standard InChI is InChI=1S/C15H13F3N2O4/c1-9-14(12(21)6-7-23-9)24-8-13(22)20-19-11-4-2-10(3-5-11)15(16,17)18/h2-7,19H,8H2,1H3,(H,20,22). The molecule has 0 aliphatic rings. The Balaban J connectivity index is 1.86. The average molecular weight is 342 g/mol. The van der Waals surface area contributed by atoms with Gasteiger partial charge in [0.25, 0.3) is 5.91 Å². The van der Waals surface area contributed by atoms with Crippen molar-refractivity contribution in [1.29, 1.82) is 0 Å². The van der Waals surface area contributed by atoms with Gasteiger partial charge in [-0.15, -0.1) is 0 Å². The van der Waals surface area contributed by atoms with E-state index in [2.05, 4.69) is 10.9 Å². The highest BCUT2D eigenvalue weighted by Gasteiger charge is 2.29. The molecular formula is C15H13F3N2O4. The van der Waals surface area contributed by atoms with Gasteiger partial charge in [0.2, 0.25) is 11.2 Å². The van der Waals surface area contributed by atoms with E-state index in [-0.39, 0.29) is 17.2 Å². The van der Waals surface area contributed by atoms with E-state index in [1.165, 1.54) is 25.3 Å². The predicted molar refractivity (Wildman–Crippen MR) is 78.4 cm³/mol.